The summed E-state index contributed by atoms with van der Waals surface area (Å²) in [6.45, 7) is 4.12. The molecule has 2 aromatic heterocycles. The average molecular weight is 315 g/mol. The van der Waals surface area contributed by atoms with Gasteiger partial charge in [-0.3, -0.25) is 0 Å². The van der Waals surface area contributed by atoms with Crippen LogP contribution in [0.4, 0.5) is 0 Å². The van der Waals surface area contributed by atoms with Crippen molar-refractivity contribution < 1.29 is 4.74 Å². The maximum absolute atomic E-state index is 5.44. The second kappa shape index (κ2) is 5.57. The van der Waals surface area contributed by atoms with E-state index < -0.39 is 0 Å². The Bertz CT molecular complexity index is 1060. The summed E-state index contributed by atoms with van der Waals surface area (Å²) in [5.74, 6) is 0.580. The van der Waals surface area contributed by atoms with E-state index in [9.17, 15) is 0 Å². The molecule has 4 aromatic rings. The zero-order chi connectivity index (χ0) is 16.7. The summed E-state index contributed by atoms with van der Waals surface area (Å²) in [6, 6.07) is 16.2. The number of aromatic nitrogens is 3. The van der Waals surface area contributed by atoms with Crippen molar-refractivity contribution >= 4 is 21.9 Å². The molecule has 4 nitrogen and oxygen atoms in total. The minimum absolute atomic E-state index is 0.580. The fourth-order valence-corrected chi connectivity index (χ4v) is 3.06. The molecule has 24 heavy (non-hydrogen) atoms. The lowest BCUT2D eigenvalue weighted by Gasteiger charge is -2.12. The molecule has 0 atom stereocenters. The van der Waals surface area contributed by atoms with E-state index in [1.54, 1.807) is 7.11 Å². The van der Waals surface area contributed by atoms with Crippen molar-refractivity contribution in [3.8, 4) is 17.0 Å². The normalized spacial score (nSPS) is 11.1. The second-order valence-electron chi connectivity index (χ2n) is 5.90. The molecule has 0 radical (unpaired) electrons. The van der Waals surface area contributed by atoms with Gasteiger partial charge in [0.05, 0.1) is 12.6 Å². The van der Waals surface area contributed by atoms with Crippen LogP contribution in [-0.4, -0.2) is 22.3 Å². The van der Waals surface area contributed by atoms with Gasteiger partial charge in [0.25, 0.3) is 0 Å². The first-order valence-corrected chi connectivity index (χ1v) is 7.86. The number of nitrogens with zero attached hydrogens (tertiary/aromatic N) is 3. The molecule has 0 fully saturated rings. The Morgan fingerprint density at radius 3 is 2.25 bits per heavy atom. The maximum Gasteiger partial charge on any atom is 0.214 e. The first kappa shape index (κ1) is 14.6. The zero-order valence-corrected chi connectivity index (χ0v) is 13.9. The molecule has 0 unspecified atom stereocenters. The summed E-state index contributed by atoms with van der Waals surface area (Å²) in [6.07, 6.45) is 0. The van der Waals surface area contributed by atoms with Crippen LogP contribution < -0.4 is 4.74 Å². The summed E-state index contributed by atoms with van der Waals surface area (Å²) in [4.78, 5) is 4.69. The minimum atomic E-state index is 0.580. The Morgan fingerprint density at radius 1 is 0.792 bits per heavy atom. The average Bonchev–Trinajstić information content (AvgIpc) is 2.64. The Kier molecular flexibility index (Phi) is 3.38. The number of rotatable bonds is 2. The molecule has 0 spiro atoms. The number of methoxy groups -OCH3 is 1. The lowest BCUT2D eigenvalue weighted by Crippen LogP contribution is -1.98. The van der Waals surface area contributed by atoms with Crippen molar-refractivity contribution in [3.05, 3.63) is 59.7 Å². The molecular formula is C20H17N3O. The Balaban J connectivity index is 2.19. The Hall–Kier alpha value is -3.01. The van der Waals surface area contributed by atoms with Gasteiger partial charge in [0.15, 0.2) is 0 Å². The second-order valence-corrected chi connectivity index (χ2v) is 5.90. The molecule has 0 saturated heterocycles. The molecular weight excluding hydrogens is 298 g/mol. The number of hydrogen-bond donors (Lipinski definition) is 0. The van der Waals surface area contributed by atoms with Gasteiger partial charge in [0.1, 0.15) is 11.0 Å². The fraction of sp³-hybridized carbons (Fsp3) is 0.150. The number of benzene rings is 2. The lowest BCUT2D eigenvalue weighted by molar-refractivity contribution is 0.400. The molecule has 0 bridgehead atoms. The summed E-state index contributed by atoms with van der Waals surface area (Å²) in [5.41, 5.74) is 6.80. The summed E-state index contributed by atoms with van der Waals surface area (Å²) < 4.78 is 5.44. The van der Waals surface area contributed by atoms with Crippen molar-refractivity contribution in [1.82, 2.24) is 15.2 Å². The lowest BCUT2D eigenvalue weighted by atomic mass is 10.0. The van der Waals surface area contributed by atoms with E-state index >= 15 is 0 Å². The van der Waals surface area contributed by atoms with Crippen LogP contribution in [0.25, 0.3) is 33.1 Å². The predicted molar refractivity (Wildman–Crippen MR) is 96.3 cm³/mol. The van der Waals surface area contributed by atoms with Gasteiger partial charge in [-0.2, -0.15) is 0 Å². The highest BCUT2D eigenvalue weighted by molar-refractivity contribution is 6.08. The third kappa shape index (κ3) is 2.19. The van der Waals surface area contributed by atoms with Crippen LogP contribution in [0.5, 0.6) is 5.88 Å². The van der Waals surface area contributed by atoms with Gasteiger partial charge < -0.3 is 4.74 Å². The molecule has 0 aliphatic heterocycles. The van der Waals surface area contributed by atoms with Gasteiger partial charge in [-0.1, -0.05) is 42.5 Å². The summed E-state index contributed by atoms with van der Waals surface area (Å²) >= 11 is 0. The standard InChI is InChI=1S/C20H17N3O/c1-12-9-10-13(2)18-17(12)20-19(23-22-18)15(11-16(21-20)24-3)14-7-5-4-6-8-14/h4-11H,1-3H3. The highest BCUT2D eigenvalue weighted by atomic mass is 16.5. The maximum atomic E-state index is 5.44. The first-order valence-electron chi connectivity index (χ1n) is 7.86. The molecule has 0 N–H and O–H groups in total. The first-order chi connectivity index (χ1) is 11.7. The van der Waals surface area contributed by atoms with E-state index in [0.29, 0.717) is 5.88 Å². The number of fused-ring (bicyclic) bond motifs is 3. The Morgan fingerprint density at radius 2 is 1.50 bits per heavy atom. The third-order valence-corrected chi connectivity index (χ3v) is 4.34. The van der Waals surface area contributed by atoms with Gasteiger partial charge in [0, 0.05) is 17.0 Å². The number of aryl methyl sites for hydroxylation is 2. The van der Waals surface area contributed by atoms with E-state index in [0.717, 1.165) is 44.2 Å². The van der Waals surface area contributed by atoms with E-state index in [2.05, 4.69) is 46.4 Å². The molecule has 4 heteroatoms. The van der Waals surface area contributed by atoms with Crippen LogP contribution in [0.1, 0.15) is 11.1 Å². The van der Waals surface area contributed by atoms with E-state index in [1.165, 1.54) is 0 Å². The van der Waals surface area contributed by atoms with Crippen molar-refractivity contribution in [2.24, 2.45) is 0 Å². The third-order valence-electron chi connectivity index (χ3n) is 4.34. The summed E-state index contributed by atoms with van der Waals surface area (Å²) in [7, 11) is 1.64. The van der Waals surface area contributed by atoms with Crippen molar-refractivity contribution in [2.75, 3.05) is 7.11 Å². The van der Waals surface area contributed by atoms with E-state index in [-0.39, 0.29) is 0 Å². The van der Waals surface area contributed by atoms with Crippen LogP contribution in [0, 0.1) is 13.8 Å². The minimum Gasteiger partial charge on any atom is -0.481 e. The molecule has 0 aliphatic carbocycles. The molecule has 0 amide bonds. The number of pyridine rings is 1. The SMILES string of the molecule is COc1cc(-c2ccccc2)c2nnc3c(C)ccc(C)c3c2n1. The quantitative estimate of drug-likeness (QED) is 0.512. The number of hydrogen-bond acceptors (Lipinski definition) is 4. The van der Waals surface area contributed by atoms with E-state index in [4.69, 9.17) is 4.74 Å². The highest BCUT2D eigenvalue weighted by Crippen LogP contribution is 2.34. The van der Waals surface area contributed by atoms with Crippen LogP contribution >= 0.6 is 0 Å². The van der Waals surface area contributed by atoms with Gasteiger partial charge in [-0.25, -0.2) is 4.98 Å². The van der Waals surface area contributed by atoms with Crippen molar-refractivity contribution in [1.29, 1.82) is 0 Å². The van der Waals surface area contributed by atoms with Gasteiger partial charge >= 0.3 is 0 Å². The number of ether oxygens (including phenoxy) is 1. The van der Waals surface area contributed by atoms with Gasteiger partial charge in [-0.15, -0.1) is 10.2 Å². The molecule has 0 aliphatic rings. The monoisotopic (exact) mass is 315 g/mol. The topological polar surface area (TPSA) is 47.9 Å². The fourth-order valence-electron chi connectivity index (χ4n) is 3.06. The summed E-state index contributed by atoms with van der Waals surface area (Å²) in [5, 5.41) is 10.0. The van der Waals surface area contributed by atoms with E-state index in [1.807, 2.05) is 31.2 Å². The smallest absolute Gasteiger partial charge is 0.214 e. The molecule has 118 valence electrons. The molecule has 2 heterocycles. The highest BCUT2D eigenvalue weighted by Gasteiger charge is 2.15. The van der Waals surface area contributed by atoms with Crippen LogP contribution in [-0.2, 0) is 0 Å². The van der Waals surface area contributed by atoms with Gasteiger partial charge in [-0.05, 0) is 30.5 Å². The van der Waals surface area contributed by atoms with Crippen LogP contribution in [0.15, 0.2) is 48.5 Å². The molecule has 4 rings (SSSR count). The largest absolute Gasteiger partial charge is 0.481 e. The van der Waals surface area contributed by atoms with Gasteiger partial charge in [0.2, 0.25) is 5.88 Å². The van der Waals surface area contributed by atoms with Crippen molar-refractivity contribution in [2.45, 2.75) is 13.8 Å². The van der Waals surface area contributed by atoms with Crippen LogP contribution in [0.2, 0.25) is 0 Å². The molecule has 0 saturated carbocycles. The van der Waals surface area contributed by atoms with Crippen LogP contribution in [0.3, 0.4) is 0 Å². The zero-order valence-electron chi connectivity index (χ0n) is 13.9. The molecule has 2 aromatic carbocycles. The van der Waals surface area contributed by atoms with Crippen molar-refractivity contribution in [3.63, 3.8) is 0 Å². The predicted octanol–water partition coefficient (Wildman–Crippen LogP) is 4.47. The Labute approximate surface area is 140 Å².